The van der Waals surface area contributed by atoms with E-state index in [9.17, 15) is 19.3 Å². The molecule has 1 aromatic rings. The van der Waals surface area contributed by atoms with Gasteiger partial charge in [-0.25, -0.2) is 4.79 Å². The summed E-state index contributed by atoms with van der Waals surface area (Å²) in [6, 6.07) is 3.63. The Labute approximate surface area is 102 Å². The molecule has 0 spiro atoms. The fourth-order valence-corrected chi connectivity index (χ4v) is 1.25. The van der Waals surface area contributed by atoms with Gasteiger partial charge in [0.25, 0.3) is 5.69 Å². The predicted molar refractivity (Wildman–Crippen MR) is 60.0 cm³/mol. The van der Waals surface area contributed by atoms with E-state index in [4.69, 9.17) is 4.74 Å². The van der Waals surface area contributed by atoms with Crippen molar-refractivity contribution in [3.63, 3.8) is 0 Å². The number of carbonyl (C=O) groups is 1. The third-order valence-electron chi connectivity index (χ3n) is 2.07. The van der Waals surface area contributed by atoms with Gasteiger partial charge < -0.3 is 9.47 Å². The Bertz CT molecular complexity index is 463. The van der Waals surface area contributed by atoms with Crippen LogP contribution in [0.15, 0.2) is 18.2 Å². The summed E-state index contributed by atoms with van der Waals surface area (Å²) >= 11 is 0. The van der Waals surface area contributed by atoms with E-state index in [0.29, 0.717) is 5.56 Å². The van der Waals surface area contributed by atoms with Crippen molar-refractivity contribution < 1.29 is 23.6 Å². The molecule has 0 saturated carbocycles. The maximum Gasteiger partial charge on any atom is 0.381 e. The number of non-ortho nitro benzene ring substituents is 1. The molecule has 0 aromatic heterocycles. The molecular weight excluding hydrogens is 245 g/mol. The van der Waals surface area contributed by atoms with E-state index in [-0.39, 0.29) is 18.0 Å². The Morgan fingerprint density at radius 1 is 1.56 bits per heavy atom. The molecule has 0 bridgehead atoms. The van der Waals surface area contributed by atoms with E-state index in [0.717, 1.165) is 0 Å². The first-order chi connectivity index (χ1) is 8.45. The Morgan fingerprint density at radius 3 is 2.72 bits per heavy atom. The number of halogens is 1. The average molecular weight is 257 g/mol. The fraction of sp³-hybridized carbons (Fsp3) is 0.364. The quantitative estimate of drug-likeness (QED) is 0.458. The van der Waals surface area contributed by atoms with Crippen LogP contribution in [0.2, 0.25) is 0 Å². The van der Waals surface area contributed by atoms with Gasteiger partial charge >= 0.3 is 12.3 Å². The van der Waals surface area contributed by atoms with Crippen LogP contribution in [-0.4, -0.2) is 23.9 Å². The maximum atomic E-state index is 13.3. The zero-order chi connectivity index (χ0) is 13.7. The second kappa shape index (κ2) is 5.95. The van der Waals surface area contributed by atoms with Crippen molar-refractivity contribution in [1.82, 2.24) is 0 Å². The monoisotopic (exact) mass is 257 g/mol. The van der Waals surface area contributed by atoms with E-state index in [2.05, 4.69) is 4.74 Å². The molecule has 0 fully saturated rings. The predicted octanol–water partition coefficient (Wildman–Crippen LogP) is 2.14. The maximum absolute atomic E-state index is 13.3. The van der Waals surface area contributed by atoms with Crippen molar-refractivity contribution in [1.29, 1.82) is 0 Å². The molecule has 0 saturated heterocycles. The van der Waals surface area contributed by atoms with Gasteiger partial charge in [0.2, 0.25) is 0 Å². The van der Waals surface area contributed by atoms with Gasteiger partial charge in [0, 0.05) is 12.1 Å². The zero-order valence-corrected chi connectivity index (χ0v) is 9.88. The minimum atomic E-state index is -2.25. The van der Waals surface area contributed by atoms with Gasteiger partial charge in [0.15, 0.2) is 0 Å². The van der Waals surface area contributed by atoms with Crippen LogP contribution in [-0.2, 0) is 9.53 Å². The number of carbonyl (C=O) groups excluding carboxylic acids is 1. The molecule has 98 valence electrons. The normalized spacial score (nSPS) is 11.7. The van der Waals surface area contributed by atoms with Crippen molar-refractivity contribution in [3.8, 4) is 5.75 Å². The van der Waals surface area contributed by atoms with Crippen LogP contribution in [0.3, 0.4) is 0 Å². The van der Waals surface area contributed by atoms with Gasteiger partial charge in [-0.1, -0.05) is 0 Å². The molecule has 0 N–H and O–H groups in total. The first-order valence-corrected chi connectivity index (χ1v) is 5.18. The molecule has 1 aromatic carbocycles. The lowest BCUT2D eigenvalue weighted by atomic mass is 10.2. The number of aryl methyl sites for hydroxylation is 1. The summed E-state index contributed by atoms with van der Waals surface area (Å²) in [5.74, 6) is -1.07. The summed E-state index contributed by atoms with van der Waals surface area (Å²) in [5.41, 5.74) is 0.225. The molecular formula is C11H12FNO5. The minimum Gasteiger partial charge on any atom is -0.461 e. The smallest absolute Gasteiger partial charge is 0.381 e. The lowest BCUT2D eigenvalue weighted by Crippen LogP contribution is -2.25. The highest BCUT2D eigenvalue weighted by Crippen LogP contribution is 2.24. The molecule has 0 aliphatic heterocycles. The lowest BCUT2D eigenvalue weighted by molar-refractivity contribution is -0.384. The summed E-state index contributed by atoms with van der Waals surface area (Å²) in [5, 5.41) is 10.5. The van der Waals surface area contributed by atoms with Crippen molar-refractivity contribution in [2.45, 2.75) is 20.2 Å². The molecule has 6 nitrogen and oxygen atoms in total. The first kappa shape index (κ1) is 13.9. The minimum absolute atomic E-state index is 0.0435. The standard InChI is InChI=1S/C11H12FNO5/c1-3-17-11(14)10(12)18-9-5-4-8(13(15)16)6-7(9)2/h4-6,10H,3H2,1-2H3. The summed E-state index contributed by atoms with van der Waals surface area (Å²) in [6.07, 6.45) is -2.25. The number of nitrogens with zero attached hydrogens (tertiary/aromatic N) is 1. The van der Waals surface area contributed by atoms with Crippen LogP contribution in [0.1, 0.15) is 12.5 Å². The van der Waals surface area contributed by atoms with E-state index < -0.39 is 17.3 Å². The summed E-state index contributed by atoms with van der Waals surface area (Å²) in [6.45, 7) is 3.10. The van der Waals surface area contributed by atoms with E-state index >= 15 is 0 Å². The van der Waals surface area contributed by atoms with Gasteiger partial charge in [-0.3, -0.25) is 10.1 Å². The number of esters is 1. The molecule has 0 aliphatic rings. The van der Waals surface area contributed by atoms with Crippen LogP contribution in [0, 0.1) is 17.0 Å². The zero-order valence-electron chi connectivity index (χ0n) is 9.88. The van der Waals surface area contributed by atoms with Crippen molar-refractivity contribution in [2.24, 2.45) is 0 Å². The number of benzene rings is 1. The molecule has 18 heavy (non-hydrogen) atoms. The number of hydrogen-bond acceptors (Lipinski definition) is 5. The first-order valence-electron chi connectivity index (χ1n) is 5.18. The van der Waals surface area contributed by atoms with Crippen LogP contribution < -0.4 is 4.74 Å². The van der Waals surface area contributed by atoms with Crippen LogP contribution in [0.5, 0.6) is 5.75 Å². The molecule has 0 aliphatic carbocycles. The highest BCUT2D eigenvalue weighted by atomic mass is 19.1. The molecule has 7 heteroatoms. The van der Waals surface area contributed by atoms with Gasteiger partial charge in [0.05, 0.1) is 11.5 Å². The number of nitro groups is 1. The topological polar surface area (TPSA) is 78.7 Å². The Morgan fingerprint density at radius 2 is 2.22 bits per heavy atom. The fourth-order valence-electron chi connectivity index (χ4n) is 1.25. The lowest BCUT2D eigenvalue weighted by Gasteiger charge is -2.11. The number of rotatable bonds is 5. The molecule has 0 heterocycles. The van der Waals surface area contributed by atoms with Gasteiger partial charge in [-0.15, -0.1) is 0 Å². The third-order valence-corrected chi connectivity index (χ3v) is 2.07. The molecule has 1 atom stereocenters. The summed E-state index contributed by atoms with van der Waals surface area (Å²) in [7, 11) is 0. The van der Waals surface area contributed by atoms with Crippen molar-refractivity contribution in [2.75, 3.05) is 6.61 Å². The van der Waals surface area contributed by atoms with E-state index in [1.165, 1.54) is 25.1 Å². The van der Waals surface area contributed by atoms with Gasteiger partial charge in [-0.05, 0) is 25.5 Å². The SMILES string of the molecule is CCOC(=O)C(F)Oc1ccc([N+](=O)[O-])cc1C. The number of alkyl halides is 1. The molecule has 1 rings (SSSR count). The molecule has 1 unspecified atom stereocenters. The Hall–Kier alpha value is -2.18. The summed E-state index contributed by atoms with van der Waals surface area (Å²) < 4.78 is 22.4. The van der Waals surface area contributed by atoms with Gasteiger partial charge in [0.1, 0.15) is 5.75 Å². The largest absolute Gasteiger partial charge is 0.461 e. The van der Waals surface area contributed by atoms with E-state index in [1.54, 1.807) is 6.92 Å². The highest BCUT2D eigenvalue weighted by Gasteiger charge is 2.21. The highest BCUT2D eigenvalue weighted by molar-refractivity contribution is 5.73. The second-order valence-corrected chi connectivity index (χ2v) is 3.39. The molecule has 0 radical (unpaired) electrons. The molecule has 0 amide bonds. The third kappa shape index (κ3) is 3.41. The Balaban J connectivity index is 2.79. The van der Waals surface area contributed by atoms with Gasteiger partial charge in [-0.2, -0.15) is 4.39 Å². The number of nitro benzene ring substituents is 1. The number of hydrogen-bond donors (Lipinski definition) is 0. The van der Waals surface area contributed by atoms with Crippen LogP contribution in [0.25, 0.3) is 0 Å². The van der Waals surface area contributed by atoms with Crippen molar-refractivity contribution in [3.05, 3.63) is 33.9 Å². The van der Waals surface area contributed by atoms with Crippen LogP contribution in [0.4, 0.5) is 10.1 Å². The number of ether oxygens (including phenoxy) is 2. The summed E-state index contributed by atoms with van der Waals surface area (Å²) in [4.78, 5) is 20.9. The van der Waals surface area contributed by atoms with Crippen molar-refractivity contribution >= 4 is 11.7 Å². The van der Waals surface area contributed by atoms with E-state index in [1.807, 2.05) is 0 Å². The van der Waals surface area contributed by atoms with Crippen LogP contribution >= 0.6 is 0 Å². The average Bonchev–Trinajstić information content (AvgIpc) is 2.31. The Kier molecular flexibility index (Phi) is 4.59. The second-order valence-electron chi connectivity index (χ2n) is 3.39.